The molecule has 0 saturated heterocycles. The Bertz CT molecular complexity index is 1700. The van der Waals surface area contributed by atoms with Crippen LogP contribution in [0.5, 0.6) is 0 Å². The van der Waals surface area contributed by atoms with Crippen molar-refractivity contribution in [3.05, 3.63) is 106 Å². The number of nitrogens with zero attached hydrogens (tertiary/aromatic N) is 2. The van der Waals surface area contributed by atoms with Gasteiger partial charge in [-0.25, -0.2) is 9.97 Å². The zero-order chi connectivity index (χ0) is 28.1. The van der Waals surface area contributed by atoms with Gasteiger partial charge in [0.15, 0.2) is 5.13 Å². The highest BCUT2D eigenvalue weighted by atomic mass is 32.2. The molecule has 40 heavy (non-hydrogen) atoms. The molecule has 0 aliphatic heterocycles. The van der Waals surface area contributed by atoms with Crippen LogP contribution in [0.25, 0.3) is 21.8 Å². The van der Waals surface area contributed by atoms with Gasteiger partial charge in [0.05, 0.1) is 23.1 Å². The highest BCUT2D eigenvalue weighted by Gasteiger charge is 2.19. The lowest BCUT2D eigenvalue weighted by Crippen LogP contribution is -2.14. The predicted molar refractivity (Wildman–Crippen MR) is 161 cm³/mol. The van der Waals surface area contributed by atoms with Crippen LogP contribution in [0.4, 0.5) is 10.8 Å². The van der Waals surface area contributed by atoms with Crippen molar-refractivity contribution in [2.45, 2.75) is 25.8 Å². The minimum absolute atomic E-state index is 0.126. The number of hydrogen-bond donors (Lipinski definition) is 3. The summed E-state index contributed by atoms with van der Waals surface area (Å²) in [6, 6.07) is 24.5. The lowest BCUT2D eigenvalue weighted by atomic mass is 10.0. The summed E-state index contributed by atoms with van der Waals surface area (Å²) in [6.07, 6.45) is 0.982. The monoisotopic (exact) mass is 590 g/mol. The van der Waals surface area contributed by atoms with E-state index < -0.39 is 10.3 Å². The number of Topliss-reactive ketones (excluding diaryl/α,β-unsaturated/α-hetero) is 1. The second-order valence-corrected chi connectivity index (χ2v) is 12.1. The maximum Gasteiger partial charge on any atom is 0.357 e. The molecule has 0 amide bonds. The standard InChI is InChI=1S/C29H26N4O4S3/c1-19(34)15-20-7-11-22(12-8-20)26-17-39-29(32-26)31-25(16-21-9-13-24(14-10-21)33-40(35,36)37)27-18-38-28(30-27)23-5-3-2-4-6-23/h2-14,17-18,25,33H,15-16H2,1H3,(H,31,32)(H,35,36,37)/t25-/m0/s1. The molecule has 5 aromatic rings. The average molecular weight is 591 g/mol. The Kier molecular flexibility index (Phi) is 8.36. The van der Waals surface area contributed by atoms with Crippen molar-refractivity contribution < 1.29 is 17.8 Å². The van der Waals surface area contributed by atoms with Gasteiger partial charge in [0.2, 0.25) is 0 Å². The zero-order valence-corrected chi connectivity index (χ0v) is 23.9. The molecule has 0 radical (unpaired) electrons. The molecule has 0 fully saturated rings. The molecule has 3 N–H and O–H groups in total. The molecule has 2 aromatic heterocycles. The first-order valence-electron chi connectivity index (χ1n) is 12.4. The van der Waals surface area contributed by atoms with E-state index in [-0.39, 0.29) is 17.5 Å². The van der Waals surface area contributed by atoms with Crippen LogP contribution in [-0.4, -0.2) is 28.7 Å². The molecule has 0 aliphatic rings. The minimum Gasteiger partial charge on any atom is -0.353 e. The molecule has 0 bridgehead atoms. The van der Waals surface area contributed by atoms with E-state index in [1.807, 2.05) is 77.5 Å². The van der Waals surface area contributed by atoms with Crippen molar-refractivity contribution in [1.29, 1.82) is 0 Å². The van der Waals surface area contributed by atoms with E-state index in [4.69, 9.17) is 14.5 Å². The Balaban J connectivity index is 1.38. The first kappa shape index (κ1) is 27.7. The number of carbonyl (C=O) groups excluding carboxylic acids is 1. The molecule has 2 heterocycles. The molecule has 11 heteroatoms. The molecule has 0 unspecified atom stereocenters. The maximum absolute atomic E-state index is 11.4. The predicted octanol–water partition coefficient (Wildman–Crippen LogP) is 6.68. The summed E-state index contributed by atoms with van der Waals surface area (Å²) < 4.78 is 33.4. The van der Waals surface area contributed by atoms with Crippen LogP contribution < -0.4 is 10.0 Å². The number of anilines is 2. The fraction of sp³-hybridized carbons (Fsp3) is 0.138. The number of carbonyl (C=O) groups is 1. The van der Waals surface area contributed by atoms with E-state index in [1.54, 1.807) is 30.4 Å². The van der Waals surface area contributed by atoms with Crippen LogP contribution in [0.3, 0.4) is 0 Å². The van der Waals surface area contributed by atoms with Gasteiger partial charge < -0.3 is 5.32 Å². The smallest absolute Gasteiger partial charge is 0.353 e. The lowest BCUT2D eigenvalue weighted by molar-refractivity contribution is -0.116. The van der Waals surface area contributed by atoms with Crippen molar-refractivity contribution in [3.63, 3.8) is 0 Å². The first-order chi connectivity index (χ1) is 19.2. The number of aromatic nitrogens is 2. The normalized spacial score (nSPS) is 12.2. The molecule has 204 valence electrons. The fourth-order valence-corrected chi connectivity index (χ4v) is 6.27. The summed E-state index contributed by atoms with van der Waals surface area (Å²) in [5.41, 5.74) is 5.91. The van der Waals surface area contributed by atoms with Crippen LogP contribution in [-0.2, 0) is 27.9 Å². The number of hydrogen-bond acceptors (Lipinski definition) is 8. The Labute approximate surface area is 240 Å². The van der Waals surface area contributed by atoms with E-state index in [9.17, 15) is 13.2 Å². The van der Waals surface area contributed by atoms with Gasteiger partial charge >= 0.3 is 10.3 Å². The number of thiazole rings is 2. The van der Waals surface area contributed by atoms with E-state index in [0.717, 1.165) is 43.8 Å². The molecule has 0 spiro atoms. The molecular weight excluding hydrogens is 565 g/mol. The van der Waals surface area contributed by atoms with Gasteiger partial charge in [-0.1, -0.05) is 66.7 Å². The van der Waals surface area contributed by atoms with Crippen LogP contribution in [0.2, 0.25) is 0 Å². The van der Waals surface area contributed by atoms with E-state index in [1.165, 1.54) is 11.3 Å². The Morgan fingerprint density at radius 2 is 1.57 bits per heavy atom. The highest BCUT2D eigenvalue weighted by molar-refractivity contribution is 7.87. The van der Waals surface area contributed by atoms with Gasteiger partial charge in [0, 0.05) is 28.3 Å². The quantitative estimate of drug-likeness (QED) is 0.147. The van der Waals surface area contributed by atoms with E-state index in [0.29, 0.717) is 12.8 Å². The van der Waals surface area contributed by atoms with Gasteiger partial charge in [-0.05, 0) is 36.6 Å². The van der Waals surface area contributed by atoms with Crippen molar-refractivity contribution in [3.8, 4) is 21.8 Å². The zero-order valence-electron chi connectivity index (χ0n) is 21.4. The molecular formula is C29H26N4O4S3. The van der Waals surface area contributed by atoms with Gasteiger partial charge in [0.25, 0.3) is 0 Å². The third kappa shape index (κ3) is 7.39. The van der Waals surface area contributed by atoms with Gasteiger partial charge in [-0.15, -0.1) is 22.7 Å². The molecule has 8 nitrogen and oxygen atoms in total. The van der Waals surface area contributed by atoms with Crippen LogP contribution in [0.15, 0.2) is 89.6 Å². The highest BCUT2D eigenvalue weighted by Crippen LogP contribution is 2.32. The summed E-state index contributed by atoms with van der Waals surface area (Å²) in [5, 5.41) is 9.23. The molecule has 5 rings (SSSR count). The van der Waals surface area contributed by atoms with Crippen LogP contribution in [0, 0.1) is 0 Å². The largest absolute Gasteiger partial charge is 0.357 e. The molecule has 0 aliphatic carbocycles. The summed E-state index contributed by atoms with van der Waals surface area (Å²) in [7, 11) is -4.34. The summed E-state index contributed by atoms with van der Waals surface area (Å²) in [4.78, 5) is 21.1. The molecule has 1 atom stereocenters. The second kappa shape index (κ2) is 12.1. The van der Waals surface area contributed by atoms with Crippen LogP contribution >= 0.6 is 22.7 Å². The summed E-state index contributed by atoms with van der Waals surface area (Å²) in [5.74, 6) is 0.126. The van der Waals surface area contributed by atoms with Crippen molar-refractivity contribution >= 4 is 49.6 Å². The number of nitrogens with one attached hydrogen (secondary N) is 2. The summed E-state index contributed by atoms with van der Waals surface area (Å²) in [6.45, 7) is 1.58. The molecule has 0 saturated carbocycles. The number of rotatable bonds is 11. The van der Waals surface area contributed by atoms with Crippen molar-refractivity contribution in [2.75, 3.05) is 10.0 Å². The number of benzene rings is 3. The lowest BCUT2D eigenvalue weighted by Gasteiger charge is -2.17. The van der Waals surface area contributed by atoms with E-state index in [2.05, 4.69) is 10.0 Å². The van der Waals surface area contributed by atoms with Crippen molar-refractivity contribution in [2.24, 2.45) is 0 Å². The third-order valence-corrected chi connectivity index (χ3v) is 8.22. The topological polar surface area (TPSA) is 121 Å². The minimum atomic E-state index is -4.34. The Morgan fingerprint density at radius 1 is 0.875 bits per heavy atom. The van der Waals surface area contributed by atoms with Crippen molar-refractivity contribution in [1.82, 2.24) is 9.97 Å². The third-order valence-electron chi connectivity index (χ3n) is 6.04. The molecule has 3 aromatic carbocycles. The van der Waals surface area contributed by atoms with Gasteiger partial charge in [0.1, 0.15) is 10.8 Å². The first-order valence-corrected chi connectivity index (χ1v) is 15.6. The van der Waals surface area contributed by atoms with E-state index >= 15 is 0 Å². The Hall–Kier alpha value is -3.90. The maximum atomic E-state index is 11.4. The Morgan fingerprint density at radius 3 is 2.25 bits per heavy atom. The number of ketones is 1. The fourth-order valence-electron chi connectivity index (χ4n) is 4.19. The average Bonchev–Trinajstić information content (AvgIpc) is 3.60. The SMILES string of the molecule is CC(=O)Cc1ccc(-c2csc(N[C@@H](Cc3ccc(NS(=O)(=O)O)cc3)c3csc(-c4ccccc4)n3)n2)cc1. The summed E-state index contributed by atoms with van der Waals surface area (Å²) >= 11 is 3.07. The van der Waals surface area contributed by atoms with Crippen LogP contribution in [0.1, 0.15) is 29.8 Å². The second-order valence-electron chi connectivity index (χ2n) is 9.23. The van der Waals surface area contributed by atoms with Gasteiger partial charge in [-0.2, -0.15) is 8.42 Å². The van der Waals surface area contributed by atoms with Gasteiger partial charge in [-0.3, -0.25) is 14.1 Å².